The fourth-order valence-corrected chi connectivity index (χ4v) is 4.19. The molecule has 0 aromatic rings. The SMILES string of the molecule is BC1C(C)CC(C)N(C(C)C)PC1C. The van der Waals surface area contributed by atoms with E-state index in [1.165, 1.54) is 6.42 Å². The van der Waals surface area contributed by atoms with E-state index < -0.39 is 0 Å². The van der Waals surface area contributed by atoms with Crippen LogP contribution in [0.25, 0.3) is 0 Å². The molecule has 1 aliphatic rings. The van der Waals surface area contributed by atoms with Crippen molar-refractivity contribution in [3.8, 4) is 0 Å². The fraction of sp³-hybridized carbons (Fsp3) is 1.00. The van der Waals surface area contributed by atoms with Crippen molar-refractivity contribution >= 4 is 16.6 Å². The van der Waals surface area contributed by atoms with Gasteiger partial charge in [0.2, 0.25) is 0 Å². The van der Waals surface area contributed by atoms with Crippen molar-refractivity contribution in [2.75, 3.05) is 0 Å². The minimum absolute atomic E-state index is 0.711. The van der Waals surface area contributed by atoms with E-state index in [4.69, 9.17) is 0 Å². The van der Waals surface area contributed by atoms with Gasteiger partial charge in [-0.05, 0) is 47.5 Å². The van der Waals surface area contributed by atoms with Crippen LogP contribution in [-0.2, 0) is 0 Å². The second-order valence-electron chi connectivity index (χ2n) is 5.34. The normalized spacial score (nSPS) is 43.0. The summed E-state index contributed by atoms with van der Waals surface area (Å²) in [6, 6.07) is 1.49. The summed E-state index contributed by atoms with van der Waals surface area (Å²) in [5.41, 5.74) is 0.873. The van der Waals surface area contributed by atoms with Crippen LogP contribution in [0.3, 0.4) is 0 Å². The van der Waals surface area contributed by atoms with Gasteiger partial charge >= 0.3 is 0 Å². The monoisotopic (exact) mass is 213 g/mol. The highest BCUT2D eigenvalue weighted by Gasteiger charge is 2.30. The van der Waals surface area contributed by atoms with Crippen LogP contribution in [0.4, 0.5) is 0 Å². The Hall–Kier alpha value is 0.455. The molecule has 1 heterocycles. The molecule has 5 atom stereocenters. The summed E-state index contributed by atoms with van der Waals surface area (Å²) in [7, 11) is 3.45. The van der Waals surface area contributed by atoms with E-state index in [0.717, 1.165) is 32.2 Å². The van der Waals surface area contributed by atoms with E-state index in [9.17, 15) is 0 Å². The molecule has 1 fully saturated rings. The largest absolute Gasteiger partial charge is 0.279 e. The van der Waals surface area contributed by atoms with Crippen molar-refractivity contribution in [1.29, 1.82) is 0 Å². The van der Waals surface area contributed by atoms with Gasteiger partial charge in [-0.25, -0.2) is 0 Å². The van der Waals surface area contributed by atoms with Crippen LogP contribution in [0.1, 0.15) is 41.0 Å². The van der Waals surface area contributed by atoms with E-state index in [2.05, 4.69) is 47.1 Å². The van der Waals surface area contributed by atoms with Crippen LogP contribution in [0, 0.1) is 5.92 Å². The molecule has 0 N–H and O–H groups in total. The molecule has 1 nitrogen and oxygen atoms in total. The zero-order valence-corrected chi connectivity index (χ0v) is 11.5. The number of nitrogens with zero attached hydrogens (tertiary/aromatic N) is 1. The van der Waals surface area contributed by atoms with Crippen molar-refractivity contribution in [3.63, 3.8) is 0 Å². The average molecular weight is 213 g/mol. The number of hydrogen-bond acceptors (Lipinski definition) is 1. The van der Waals surface area contributed by atoms with Crippen LogP contribution in [0.5, 0.6) is 0 Å². The van der Waals surface area contributed by atoms with E-state index in [1.54, 1.807) is 0 Å². The van der Waals surface area contributed by atoms with Gasteiger partial charge in [-0.1, -0.05) is 19.7 Å². The predicted octanol–water partition coefficient (Wildman–Crippen LogP) is 2.53. The molecule has 1 aliphatic heterocycles. The van der Waals surface area contributed by atoms with Crippen molar-refractivity contribution in [3.05, 3.63) is 0 Å². The molecule has 82 valence electrons. The minimum atomic E-state index is 0.711. The highest BCUT2D eigenvalue weighted by molar-refractivity contribution is 7.36. The summed E-state index contributed by atoms with van der Waals surface area (Å²) in [6.45, 7) is 11.9. The summed E-state index contributed by atoms with van der Waals surface area (Å²) < 4.78 is 2.70. The molecule has 0 aromatic heterocycles. The van der Waals surface area contributed by atoms with Gasteiger partial charge in [0.05, 0.1) is 0 Å². The molecule has 0 saturated carbocycles. The first-order valence-corrected chi connectivity index (χ1v) is 7.00. The van der Waals surface area contributed by atoms with Gasteiger partial charge in [0.15, 0.2) is 0 Å². The third-order valence-corrected chi connectivity index (χ3v) is 5.97. The van der Waals surface area contributed by atoms with E-state index in [1.807, 2.05) is 0 Å². The van der Waals surface area contributed by atoms with Crippen molar-refractivity contribution in [2.45, 2.75) is 64.6 Å². The van der Waals surface area contributed by atoms with Crippen LogP contribution >= 0.6 is 8.73 Å². The maximum absolute atomic E-state index is 2.70. The average Bonchev–Trinajstić information content (AvgIpc) is 2.18. The minimum Gasteiger partial charge on any atom is -0.279 e. The third kappa shape index (κ3) is 2.73. The zero-order chi connectivity index (χ0) is 10.9. The highest BCUT2D eigenvalue weighted by Crippen LogP contribution is 2.43. The Kier molecular flexibility index (Phi) is 4.46. The maximum atomic E-state index is 2.70. The molecule has 14 heavy (non-hydrogen) atoms. The molecule has 0 aromatic carbocycles. The molecule has 3 heteroatoms. The number of hydrogen-bond donors (Lipinski definition) is 0. The Labute approximate surface area is 92.3 Å². The van der Waals surface area contributed by atoms with Gasteiger partial charge in [-0.15, -0.1) is 0 Å². The molecular formula is C11H25BNP. The lowest BCUT2D eigenvalue weighted by Crippen LogP contribution is -2.32. The van der Waals surface area contributed by atoms with Gasteiger partial charge in [-0.3, -0.25) is 4.67 Å². The fourth-order valence-electron chi connectivity index (χ4n) is 2.50. The number of rotatable bonds is 1. The molecule has 1 saturated heterocycles. The van der Waals surface area contributed by atoms with E-state index in [0.29, 0.717) is 6.04 Å². The lowest BCUT2D eigenvalue weighted by molar-refractivity contribution is 0.279. The van der Waals surface area contributed by atoms with Crippen molar-refractivity contribution < 1.29 is 0 Å². The first kappa shape index (κ1) is 12.5. The Morgan fingerprint density at radius 2 is 1.86 bits per heavy atom. The first-order valence-electron chi connectivity index (χ1n) is 5.98. The second kappa shape index (κ2) is 4.99. The third-order valence-electron chi connectivity index (χ3n) is 3.78. The Bertz CT molecular complexity index is 186. The highest BCUT2D eigenvalue weighted by atomic mass is 31.1. The van der Waals surface area contributed by atoms with Crippen LogP contribution < -0.4 is 0 Å². The van der Waals surface area contributed by atoms with Gasteiger partial charge in [0.1, 0.15) is 7.85 Å². The first-order chi connectivity index (χ1) is 6.43. The van der Waals surface area contributed by atoms with E-state index in [-0.39, 0.29) is 0 Å². The maximum Gasteiger partial charge on any atom is 0.106 e. The van der Waals surface area contributed by atoms with E-state index >= 15 is 0 Å². The summed E-state index contributed by atoms with van der Waals surface area (Å²) in [4.78, 5) is 0. The van der Waals surface area contributed by atoms with Crippen molar-refractivity contribution in [2.24, 2.45) is 5.92 Å². The molecule has 0 spiro atoms. The molecule has 0 amide bonds. The van der Waals surface area contributed by atoms with Gasteiger partial charge < -0.3 is 0 Å². The molecule has 5 unspecified atom stereocenters. The van der Waals surface area contributed by atoms with Crippen LogP contribution in [0.2, 0.25) is 5.82 Å². The smallest absolute Gasteiger partial charge is 0.106 e. The standard InChI is InChI=1S/C11H25BNP/c1-7(2)13-9(4)6-8(3)11(12)10(5)14-13/h7-11,14H,6,12H2,1-5H3. The van der Waals surface area contributed by atoms with Crippen molar-refractivity contribution in [1.82, 2.24) is 4.67 Å². The lowest BCUT2D eigenvalue weighted by Gasteiger charge is -2.32. The van der Waals surface area contributed by atoms with Crippen LogP contribution in [0.15, 0.2) is 0 Å². The Morgan fingerprint density at radius 3 is 2.36 bits per heavy atom. The summed E-state index contributed by atoms with van der Waals surface area (Å²) in [5.74, 6) is 1.77. The summed E-state index contributed by atoms with van der Waals surface area (Å²) in [6.07, 6.45) is 1.37. The molecule has 0 bridgehead atoms. The lowest BCUT2D eigenvalue weighted by atomic mass is 9.73. The Balaban J connectivity index is 2.73. The van der Waals surface area contributed by atoms with Gasteiger partial charge in [-0.2, -0.15) is 0 Å². The summed E-state index contributed by atoms with van der Waals surface area (Å²) >= 11 is 0. The quantitative estimate of drug-likeness (QED) is 0.478. The molecule has 1 rings (SSSR count). The van der Waals surface area contributed by atoms with Gasteiger partial charge in [0, 0.05) is 12.1 Å². The topological polar surface area (TPSA) is 3.24 Å². The summed E-state index contributed by atoms with van der Waals surface area (Å²) in [5, 5.41) is 0. The molecule has 0 radical (unpaired) electrons. The molecule has 0 aliphatic carbocycles. The van der Waals surface area contributed by atoms with Gasteiger partial charge in [0.25, 0.3) is 0 Å². The molecular weight excluding hydrogens is 188 g/mol. The van der Waals surface area contributed by atoms with Crippen LogP contribution in [-0.4, -0.2) is 30.3 Å². The second-order valence-corrected chi connectivity index (χ2v) is 7.03. The Morgan fingerprint density at radius 1 is 1.29 bits per heavy atom. The zero-order valence-electron chi connectivity index (χ0n) is 10.5. The predicted molar refractivity (Wildman–Crippen MR) is 70.3 cm³/mol.